The Balaban J connectivity index is 0.000000400. The van der Waals surface area contributed by atoms with E-state index in [9.17, 15) is 31.6 Å². The Hall–Kier alpha value is -2.84. The maximum absolute atomic E-state index is 11.8. The molecule has 0 aromatic heterocycles. The number of ether oxygens (including phenoxy) is 2. The molecular weight excluding hydrogens is 817 g/mol. The molecule has 2 N–H and O–H groups in total. The second-order valence-corrected chi connectivity index (χ2v) is 17.6. The van der Waals surface area contributed by atoms with Crippen LogP contribution in [-0.4, -0.2) is 68.8 Å². The van der Waals surface area contributed by atoms with Crippen LogP contribution in [0.2, 0.25) is 0 Å². The van der Waals surface area contributed by atoms with Crippen LogP contribution in [0, 0.1) is 0 Å². The Morgan fingerprint density at radius 2 is 0.881 bits per heavy atom. The van der Waals surface area contributed by atoms with Crippen LogP contribution in [0.25, 0.3) is 0 Å². The first kappa shape index (κ1) is 52.3. The number of unbranched alkanes of at least 4 members (excludes halogenated alkanes) is 16. The summed E-state index contributed by atoms with van der Waals surface area (Å²) in [6.07, 6.45) is 25.2. The van der Waals surface area contributed by atoms with Crippen molar-refractivity contribution in [2.45, 2.75) is 152 Å². The number of hydrogen-bond acceptors (Lipinski definition) is 9. The molecule has 10 nitrogen and oxygen atoms in total. The van der Waals surface area contributed by atoms with Gasteiger partial charge in [-0.1, -0.05) is 147 Å². The molecule has 320 valence electrons. The van der Waals surface area contributed by atoms with Crippen molar-refractivity contribution in [2.24, 2.45) is 0 Å². The van der Waals surface area contributed by atoms with Gasteiger partial charge in [0.25, 0.3) is 10.1 Å². The minimum Gasteiger partial charge on any atom is -0.872 e. The summed E-state index contributed by atoms with van der Waals surface area (Å²) in [4.78, 5) is -1.30. The number of hydrogen-bond donors (Lipinski definition) is 2. The molecule has 0 amide bonds. The van der Waals surface area contributed by atoms with Gasteiger partial charge in [-0.15, -0.1) is 0 Å². The summed E-state index contributed by atoms with van der Waals surface area (Å²) in [6.45, 7) is 4.47. The number of benzene rings is 4. The molecule has 4 rings (SSSR count). The third kappa shape index (κ3) is 21.5. The monoisotopic (exact) mass is 878 g/mol. The number of phenolic OH excluding ortho intramolecular Hbond substituents is 1. The van der Waals surface area contributed by atoms with E-state index >= 15 is 0 Å². The van der Waals surface area contributed by atoms with E-state index in [1.807, 2.05) is 36.4 Å². The van der Waals surface area contributed by atoms with Gasteiger partial charge in [0.05, 0.1) is 0 Å². The summed E-state index contributed by atoms with van der Waals surface area (Å²) in [5, 5.41) is 21.6. The Kier molecular flexibility index (Phi) is 25.4. The predicted molar refractivity (Wildman–Crippen MR) is 232 cm³/mol. The molecule has 0 saturated heterocycles. The molecule has 0 fully saturated rings. The molecule has 0 saturated carbocycles. The minimum absolute atomic E-state index is 0. The standard InChI is InChI=1S/2C23H32O5S.Ca/c2*1-2-3-4-5-6-7-8-9-10-12-19-13-11-14-20(17-19)28-21-15-16-23(22(24)18-21)29(25,26)27;/h2*11,13-18,24H,2-10,12H2,1H3,(H,25,26,27);/q;;+2/p-2. The average Bonchev–Trinajstić information content (AvgIpc) is 3.16. The fourth-order valence-corrected chi connectivity index (χ4v) is 7.72. The third-order valence-electron chi connectivity index (χ3n) is 9.80. The van der Waals surface area contributed by atoms with Crippen LogP contribution < -0.4 is 14.6 Å². The van der Waals surface area contributed by atoms with E-state index in [2.05, 4.69) is 19.9 Å². The SMILES string of the molecule is CCCCCCCCCCCc1cccc(Oc2ccc(S(=O)(=O)O)c(O)c2)c1.CCCCCCCCCCCc1cccc(Oc2ccc(S(=O)(=O)[O-])c([O-])c2)c1.[Ca+2]. The number of aromatic hydroxyl groups is 1. The first-order chi connectivity index (χ1) is 27.8. The molecule has 0 radical (unpaired) electrons. The number of phenols is 1. The van der Waals surface area contributed by atoms with Gasteiger partial charge in [-0.25, -0.2) is 8.42 Å². The number of rotatable bonds is 26. The van der Waals surface area contributed by atoms with E-state index < -0.39 is 41.5 Å². The van der Waals surface area contributed by atoms with Gasteiger partial charge in [-0.3, -0.25) is 4.55 Å². The third-order valence-corrected chi connectivity index (χ3v) is 11.6. The van der Waals surface area contributed by atoms with E-state index in [0.29, 0.717) is 17.2 Å². The zero-order valence-electron chi connectivity index (χ0n) is 34.9. The van der Waals surface area contributed by atoms with E-state index in [1.165, 1.54) is 126 Å². The topological polar surface area (TPSA) is 173 Å². The van der Waals surface area contributed by atoms with Crippen molar-refractivity contribution in [3.8, 4) is 34.5 Å². The smallest absolute Gasteiger partial charge is 0.872 e. The molecule has 0 atom stereocenters. The van der Waals surface area contributed by atoms with Crippen molar-refractivity contribution < 1.29 is 45.6 Å². The molecule has 0 heterocycles. The Labute approximate surface area is 383 Å². The van der Waals surface area contributed by atoms with Crippen molar-refractivity contribution >= 4 is 58.0 Å². The van der Waals surface area contributed by atoms with E-state index in [1.54, 1.807) is 6.07 Å². The van der Waals surface area contributed by atoms with Crippen LogP contribution in [0.15, 0.2) is 94.7 Å². The van der Waals surface area contributed by atoms with Gasteiger partial charge in [0.1, 0.15) is 43.8 Å². The van der Waals surface area contributed by atoms with Crippen molar-refractivity contribution in [3.63, 3.8) is 0 Å². The van der Waals surface area contributed by atoms with Crippen molar-refractivity contribution in [1.29, 1.82) is 0 Å². The van der Waals surface area contributed by atoms with Crippen LogP contribution in [0.5, 0.6) is 34.5 Å². The zero-order valence-corrected chi connectivity index (χ0v) is 38.8. The molecule has 59 heavy (non-hydrogen) atoms. The van der Waals surface area contributed by atoms with E-state index in [0.717, 1.165) is 49.4 Å². The summed E-state index contributed by atoms with van der Waals surface area (Å²) < 4.78 is 75.7. The quantitative estimate of drug-likeness (QED) is 0.0351. The normalized spacial score (nSPS) is 11.3. The molecule has 4 aromatic rings. The van der Waals surface area contributed by atoms with Crippen LogP contribution >= 0.6 is 0 Å². The van der Waals surface area contributed by atoms with Crippen LogP contribution in [-0.2, 0) is 33.1 Å². The van der Waals surface area contributed by atoms with Crippen molar-refractivity contribution in [3.05, 3.63) is 96.1 Å². The maximum atomic E-state index is 11.8. The van der Waals surface area contributed by atoms with Gasteiger partial charge in [0, 0.05) is 11.0 Å². The second kappa shape index (κ2) is 28.6. The Morgan fingerprint density at radius 1 is 0.508 bits per heavy atom. The summed E-state index contributed by atoms with van der Waals surface area (Å²) in [7, 11) is -9.23. The summed E-state index contributed by atoms with van der Waals surface area (Å²) in [5.74, 6) is 0.310. The van der Waals surface area contributed by atoms with Gasteiger partial charge in [-0.05, 0) is 91.4 Å². The summed E-state index contributed by atoms with van der Waals surface area (Å²) in [6, 6.07) is 22.4. The zero-order chi connectivity index (χ0) is 42.2. The van der Waals surface area contributed by atoms with Gasteiger partial charge in [-0.2, -0.15) is 8.42 Å². The largest absolute Gasteiger partial charge is 2.00 e. The fourth-order valence-electron chi connectivity index (χ4n) is 6.62. The average molecular weight is 879 g/mol. The van der Waals surface area contributed by atoms with Gasteiger partial charge >= 0.3 is 37.7 Å². The Bertz CT molecular complexity index is 1870. The predicted octanol–water partition coefficient (Wildman–Crippen LogP) is 11.7. The van der Waals surface area contributed by atoms with E-state index in [-0.39, 0.29) is 43.5 Å². The first-order valence-electron chi connectivity index (χ1n) is 20.9. The number of aryl methyl sites for hydroxylation is 2. The van der Waals surface area contributed by atoms with Gasteiger partial charge in [0.2, 0.25) is 0 Å². The van der Waals surface area contributed by atoms with Crippen LogP contribution in [0.1, 0.15) is 141 Å². The molecule has 0 unspecified atom stereocenters. The van der Waals surface area contributed by atoms with E-state index in [4.69, 9.17) is 14.0 Å². The molecule has 0 aliphatic carbocycles. The summed E-state index contributed by atoms with van der Waals surface area (Å²) >= 11 is 0. The van der Waals surface area contributed by atoms with Crippen LogP contribution in [0.4, 0.5) is 0 Å². The molecule has 0 bridgehead atoms. The maximum Gasteiger partial charge on any atom is 2.00 e. The van der Waals surface area contributed by atoms with Crippen LogP contribution in [0.3, 0.4) is 0 Å². The first-order valence-corrected chi connectivity index (χ1v) is 23.8. The molecule has 0 aliphatic heterocycles. The summed E-state index contributed by atoms with van der Waals surface area (Å²) in [5.41, 5.74) is 2.34. The molecule has 0 aliphatic rings. The molecule has 13 heteroatoms. The fraction of sp³-hybridized carbons (Fsp3) is 0.478. The van der Waals surface area contributed by atoms with Crippen molar-refractivity contribution in [1.82, 2.24) is 0 Å². The Morgan fingerprint density at radius 3 is 1.25 bits per heavy atom. The second-order valence-electron chi connectivity index (χ2n) is 14.8. The minimum atomic E-state index is -4.77. The molecular formula is C46H62CaO10S2. The van der Waals surface area contributed by atoms with Gasteiger partial charge < -0.3 is 24.2 Å². The molecule has 4 aromatic carbocycles. The molecule has 0 spiro atoms. The van der Waals surface area contributed by atoms with Gasteiger partial charge in [0.15, 0.2) is 0 Å². The van der Waals surface area contributed by atoms with Crippen molar-refractivity contribution in [2.75, 3.05) is 0 Å².